The first-order valence-electron chi connectivity index (χ1n) is 11.3. The Bertz CT molecular complexity index is 1130. The fourth-order valence-electron chi connectivity index (χ4n) is 3.56. The van der Waals surface area contributed by atoms with Gasteiger partial charge in [-0.15, -0.1) is 0 Å². The van der Waals surface area contributed by atoms with Crippen LogP contribution in [0.3, 0.4) is 0 Å². The monoisotopic (exact) mass is 485 g/mol. The van der Waals surface area contributed by atoms with Gasteiger partial charge in [-0.1, -0.05) is 19.8 Å². The molecule has 0 aliphatic heterocycles. The molecule has 0 aliphatic rings. The van der Waals surface area contributed by atoms with E-state index in [0.29, 0.717) is 40.8 Å². The van der Waals surface area contributed by atoms with Crippen molar-refractivity contribution in [3.05, 3.63) is 36.0 Å². The number of ether oxygens (including phenoxy) is 2. The normalized spacial score (nSPS) is 12.7. The molecule has 2 heterocycles. The zero-order chi connectivity index (χ0) is 25.4. The van der Waals surface area contributed by atoms with Crippen LogP contribution in [0.25, 0.3) is 11.0 Å². The summed E-state index contributed by atoms with van der Waals surface area (Å²) in [7, 11) is 1.19. The lowest BCUT2D eigenvalue weighted by Crippen LogP contribution is -2.39. The van der Waals surface area contributed by atoms with Gasteiger partial charge in [0.05, 0.1) is 32.6 Å². The van der Waals surface area contributed by atoms with Gasteiger partial charge >= 0.3 is 7.32 Å². The minimum absolute atomic E-state index is 0.0950. The van der Waals surface area contributed by atoms with Crippen LogP contribution in [0.15, 0.2) is 30.5 Å². The highest BCUT2D eigenvalue weighted by Crippen LogP contribution is 2.29. The molecule has 0 bridgehead atoms. The standard InChI is InChI=1S/C23H32BN5O6/c1-5-6-9-23(2,14-30)29-21-20-18(10-17(13-25-20)35-24(31)32)27-22(28-21)26-12-15-7-8-16(33-3)11-19(15)34-4/h7-8,10-11,13,30-32H,5-6,9,12,14H2,1-4H3,(H2,26,27,28,29). The Morgan fingerprint density at radius 2 is 1.89 bits per heavy atom. The Balaban J connectivity index is 1.97. The molecule has 1 unspecified atom stereocenters. The first-order chi connectivity index (χ1) is 16.8. The van der Waals surface area contributed by atoms with E-state index in [1.165, 1.54) is 12.3 Å². The van der Waals surface area contributed by atoms with E-state index in [1.807, 2.05) is 19.1 Å². The molecule has 0 spiro atoms. The maximum Gasteiger partial charge on any atom is 0.707 e. The van der Waals surface area contributed by atoms with Crippen molar-refractivity contribution < 1.29 is 29.3 Å². The van der Waals surface area contributed by atoms with Crippen LogP contribution in [0.5, 0.6) is 17.2 Å². The van der Waals surface area contributed by atoms with E-state index < -0.39 is 12.9 Å². The molecule has 0 saturated carbocycles. The number of nitrogens with zero attached hydrogens (tertiary/aromatic N) is 3. The van der Waals surface area contributed by atoms with E-state index >= 15 is 0 Å². The molecule has 0 fully saturated rings. The molecule has 188 valence electrons. The van der Waals surface area contributed by atoms with Gasteiger partial charge in [0.25, 0.3) is 0 Å². The van der Waals surface area contributed by atoms with Crippen LogP contribution in [-0.4, -0.2) is 63.8 Å². The van der Waals surface area contributed by atoms with Crippen LogP contribution in [0, 0.1) is 0 Å². The molecule has 0 amide bonds. The predicted octanol–water partition coefficient (Wildman–Crippen LogP) is 2.36. The number of methoxy groups -OCH3 is 2. The predicted molar refractivity (Wildman–Crippen MR) is 134 cm³/mol. The van der Waals surface area contributed by atoms with Crippen molar-refractivity contribution in [2.75, 3.05) is 31.5 Å². The minimum atomic E-state index is -1.99. The third-order valence-electron chi connectivity index (χ3n) is 5.53. The molecule has 3 rings (SSSR count). The van der Waals surface area contributed by atoms with Gasteiger partial charge in [-0.3, -0.25) is 0 Å². The number of hydrogen-bond donors (Lipinski definition) is 5. The first kappa shape index (κ1) is 26.3. The van der Waals surface area contributed by atoms with Crippen molar-refractivity contribution in [3.8, 4) is 17.2 Å². The van der Waals surface area contributed by atoms with Crippen molar-refractivity contribution in [1.29, 1.82) is 0 Å². The number of rotatable bonds is 13. The molecule has 2 aromatic heterocycles. The van der Waals surface area contributed by atoms with E-state index in [2.05, 4.69) is 32.5 Å². The van der Waals surface area contributed by atoms with Crippen molar-refractivity contribution >= 4 is 30.1 Å². The van der Waals surface area contributed by atoms with E-state index in [4.69, 9.17) is 24.2 Å². The summed E-state index contributed by atoms with van der Waals surface area (Å²) in [4.78, 5) is 13.5. The molecule has 12 heteroatoms. The van der Waals surface area contributed by atoms with Crippen molar-refractivity contribution in [2.24, 2.45) is 0 Å². The molecule has 0 saturated heterocycles. The SMILES string of the molecule is CCCCC(C)(CO)Nc1nc(NCc2ccc(OC)cc2OC)nc2cc(OB(O)O)cnc12. The molecule has 0 radical (unpaired) electrons. The first-order valence-corrected chi connectivity index (χ1v) is 11.3. The summed E-state index contributed by atoms with van der Waals surface area (Å²) in [6, 6.07) is 7.05. The average molecular weight is 485 g/mol. The van der Waals surface area contributed by atoms with Crippen LogP contribution in [0.1, 0.15) is 38.7 Å². The second-order valence-corrected chi connectivity index (χ2v) is 8.36. The number of aromatic nitrogens is 3. The van der Waals surface area contributed by atoms with E-state index in [9.17, 15) is 5.11 Å². The number of pyridine rings is 1. The van der Waals surface area contributed by atoms with Crippen LogP contribution >= 0.6 is 0 Å². The quantitative estimate of drug-likeness (QED) is 0.227. The van der Waals surface area contributed by atoms with Crippen LogP contribution in [0.2, 0.25) is 0 Å². The summed E-state index contributed by atoms with van der Waals surface area (Å²) in [5, 5.41) is 34.9. The molecule has 5 N–H and O–H groups in total. The second-order valence-electron chi connectivity index (χ2n) is 8.36. The van der Waals surface area contributed by atoms with Gasteiger partial charge in [0.15, 0.2) is 5.82 Å². The number of nitrogens with one attached hydrogen (secondary N) is 2. The van der Waals surface area contributed by atoms with Crippen molar-refractivity contribution in [1.82, 2.24) is 15.0 Å². The van der Waals surface area contributed by atoms with Crippen LogP contribution < -0.4 is 24.8 Å². The second kappa shape index (κ2) is 11.9. The summed E-state index contributed by atoms with van der Waals surface area (Å²) in [5.41, 5.74) is 1.12. The summed E-state index contributed by atoms with van der Waals surface area (Å²) in [6.45, 7) is 4.28. The third-order valence-corrected chi connectivity index (χ3v) is 5.53. The maximum atomic E-state index is 10.1. The Kier molecular flexibility index (Phi) is 8.91. The highest BCUT2D eigenvalue weighted by Gasteiger charge is 2.25. The van der Waals surface area contributed by atoms with Gasteiger partial charge < -0.3 is 39.9 Å². The minimum Gasteiger partial charge on any atom is -0.511 e. The van der Waals surface area contributed by atoms with Crippen LogP contribution in [-0.2, 0) is 6.54 Å². The largest absolute Gasteiger partial charge is 0.707 e. The number of hydrogen-bond acceptors (Lipinski definition) is 11. The highest BCUT2D eigenvalue weighted by molar-refractivity contribution is 6.33. The Morgan fingerprint density at radius 3 is 2.54 bits per heavy atom. The Hall–Kier alpha value is -3.35. The molecular weight excluding hydrogens is 453 g/mol. The highest BCUT2D eigenvalue weighted by atomic mass is 16.6. The van der Waals surface area contributed by atoms with Gasteiger partial charge in [-0.25, -0.2) is 9.97 Å². The zero-order valence-corrected chi connectivity index (χ0v) is 20.4. The third kappa shape index (κ3) is 6.84. The molecule has 1 atom stereocenters. The topological polar surface area (TPSA) is 151 Å². The summed E-state index contributed by atoms with van der Waals surface area (Å²) < 4.78 is 15.7. The molecule has 1 aromatic carbocycles. The number of unbranched alkanes of at least 4 members (excludes halogenated alkanes) is 1. The number of aliphatic hydroxyl groups excluding tert-OH is 1. The summed E-state index contributed by atoms with van der Waals surface area (Å²) in [6.07, 6.45) is 4.00. The van der Waals surface area contributed by atoms with Gasteiger partial charge in [-0.2, -0.15) is 4.98 Å². The maximum absolute atomic E-state index is 10.1. The van der Waals surface area contributed by atoms with E-state index in [0.717, 1.165) is 24.8 Å². The Morgan fingerprint density at radius 1 is 1.09 bits per heavy atom. The molecule has 11 nitrogen and oxygen atoms in total. The number of benzene rings is 1. The molecule has 0 aliphatic carbocycles. The van der Waals surface area contributed by atoms with E-state index in [1.54, 1.807) is 20.3 Å². The fraction of sp³-hybridized carbons (Fsp3) is 0.435. The lowest BCUT2D eigenvalue weighted by atomic mass is 9.96. The van der Waals surface area contributed by atoms with Gasteiger partial charge in [0.2, 0.25) is 5.95 Å². The number of fused-ring (bicyclic) bond motifs is 1. The Labute approximate surface area is 204 Å². The lowest BCUT2D eigenvalue weighted by molar-refractivity contribution is 0.212. The van der Waals surface area contributed by atoms with Gasteiger partial charge in [-0.05, 0) is 25.5 Å². The fourth-order valence-corrected chi connectivity index (χ4v) is 3.56. The summed E-state index contributed by atoms with van der Waals surface area (Å²) in [5.74, 6) is 2.20. The van der Waals surface area contributed by atoms with Gasteiger partial charge in [0, 0.05) is 24.2 Å². The number of anilines is 2. The average Bonchev–Trinajstić information content (AvgIpc) is 2.85. The van der Waals surface area contributed by atoms with Gasteiger partial charge in [0.1, 0.15) is 28.3 Å². The molecule has 35 heavy (non-hydrogen) atoms. The van der Waals surface area contributed by atoms with Crippen molar-refractivity contribution in [3.63, 3.8) is 0 Å². The smallest absolute Gasteiger partial charge is 0.511 e. The molecular formula is C23H32BN5O6. The zero-order valence-electron chi connectivity index (χ0n) is 20.4. The van der Waals surface area contributed by atoms with Crippen molar-refractivity contribution in [2.45, 2.75) is 45.2 Å². The van der Waals surface area contributed by atoms with E-state index in [-0.39, 0.29) is 12.4 Å². The summed E-state index contributed by atoms with van der Waals surface area (Å²) >= 11 is 0. The van der Waals surface area contributed by atoms with Crippen LogP contribution in [0.4, 0.5) is 11.8 Å². The lowest BCUT2D eigenvalue weighted by Gasteiger charge is -2.29. The number of aliphatic hydroxyl groups is 1. The molecule has 3 aromatic rings.